The molecule has 0 saturated heterocycles. The van der Waals surface area contributed by atoms with E-state index in [2.05, 4.69) is 41.3 Å². The fraction of sp³-hybridized carbons (Fsp3) is 0.700. The van der Waals surface area contributed by atoms with Gasteiger partial charge in [0.15, 0.2) is 11.0 Å². The van der Waals surface area contributed by atoms with Crippen LogP contribution in [0.5, 0.6) is 0 Å². The highest BCUT2D eigenvalue weighted by atomic mass is 35.5. The smallest absolute Gasteiger partial charge is 0.245 e. The first-order chi connectivity index (χ1) is 7.84. The average molecular weight is 279 g/mol. The quantitative estimate of drug-likeness (QED) is 0.885. The minimum atomic E-state index is -0.0521. The van der Waals surface area contributed by atoms with E-state index in [-0.39, 0.29) is 28.5 Å². The molecule has 5 nitrogen and oxygen atoms in total. The number of aliphatic hydroxyl groups excluding tert-OH is 1. The maximum atomic E-state index is 9.05. The zero-order chi connectivity index (χ0) is 13.1. The Morgan fingerprint density at radius 1 is 1.29 bits per heavy atom. The Kier molecular flexibility index (Phi) is 4.91. The highest BCUT2D eigenvalue weighted by Crippen LogP contribution is 2.27. The second-order valence-corrected chi connectivity index (χ2v) is 5.49. The monoisotopic (exact) mass is 278 g/mol. The predicted octanol–water partition coefficient (Wildman–Crippen LogP) is 2.39. The predicted molar refractivity (Wildman–Crippen MR) is 68.4 cm³/mol. The molecule has 0 aliphatic rings. The Labute approximate surface area is 111 Å². The van der Waals surface area contributed by atoms with Crippen molar-refractivity contribution < 1.29 is 5.11 Å². The summed E-state index contributed by atoms with van der Waals surface area (Å²) < 4.78 is 0. The summed E-state index contributed by atoms with van der Waals surface area (Å²) in [5, 5.41) is 19.6. The largest absolute Gasteiger partial charge is 0.396 e. The van der Waals surface area contributed by atoms with Crippen LogP contribution in [0.2, 0.25) is 10.4 Å². The van der Waals surface area contributed by atoms with E-state index in [0.29, 0.717) is 12.2 Å². The van der Waals surface area contributed by atoms with E-state index in [1.165, 1.54) is 0 Å². The maximum Gasteiger partial charge on any atom is 0.245 e. The van der Waals surface area contributed by atoms with Gasteiger partial charge in [-0.1, -0.05) is 32.4 Å². The third-order valence-corrected chi connectivity index (χ3v) is 2.81. The molecule has 0 saturated carbocycles. The van der Waals surface area contributed by atoms with E-state index < -0.39 is 0 Å². The van der Waals surface area contributed by atoms with Crippen molar-refractivity contribution in [3.05, 3.63) is 10.4 Å². The first-order valence-electron chi connectivity index (χ1n) is 5.27. The molecule has 0 aliphatic heterocycles. The number of hydrogen-bond acceptors (Lipinski definition) is 5. The lowest BCUT2D eigenvalue weighted by molar-refractivity contribution is 0.235. The van der Waals surface area contributed by atoms with Crippen LogP contribution in [0.4, 0.5) is 5.82 Å². The molecule has 17 heavy (non-hydrogen) atoms. The highest BCUT2D eigenvalue weighted by molar-refractivity contribution is 6.32. The van der Waals surface area contributed by atoms with E-state index in [1.807, 2.05) is 0 Å². The van der Waals surface area contributed by atoms with Crippen LogP contribution in [0.1, 0.15) is 27.2 Å². The SMILES string of the molecule is CC(C)(C)C(CCO)Nc1nc(Cl)nnc1Cl. The van der Waals surface area contributed by atoms with Crippen molar-refractivity contribution in [2.24, 2.45) is 5.41 Å². The number of aliphatic hydroxyl groups is 1. The standard InChI is InChI=1S/C10H16Cl2N4O/c1-10(2,3)6(4-5-17)13-8-7(11)15-16-9(12)14-8/h6,17H,4-5H2,1-3H3,(H,13,14,16). The summed E-state index contributed by atoms with van der Waals surface area (Å²) in [6, 6.07) is 0.0118. The number of nitrogens with zero attached hydrogens (tertiary/aromatic N) is 3. The van der Waals surface area contributed by atoms with Crippen LogP contribution >= 0.6 is 23.2 Å². The lowest BCUT2D eigenvalue weighted by Gasteiger charge is -2.31. The van der Waals surface area contributed by atoms with Gasteiger partial charge < -0.3 is 10.4 Å². The van der Waals surface area contributed by atoms with Crippen molar-refractivity contribution in [2.45, 2.75) is 33.2 Å². The Hall–Kier alpha value is -0.650. The lowest BCUT2D eigenvalue weighted by atomic mass is 9.85. The molecule has 0 aliphatic carbocycles. The van der Waals surface area contributed by atoms with Crippen LogP contribution in [-0.2, 0) is 0 Å². The summed E-state index contributed by atoms with van der Waals surface area (Å²) in [5.74, 6) is 0.389. The molecule has 0 aromatic carbocycles. The van der Waals surface area contributed by atoms with Crippen LogP contribution < -0.4 is 5.32 Å². The molecule has 1 atom stereocenters. The van der Waals surface area contributed by atoms with Crippen LogP contribution in [0.3, 0.4) is 0 Å². The van der Waals surface area contributed by atoms with Gasteiger partial charge in [-0.05, 0) is 23.4 Å². The molecule has 0 bridgehead atoms. The van der Waals surface area contributed by atoms with Crippen LogP contribution in [0.15, 0.2) is 0 Å². The van der Waals surface area contributed by atoms with Gasteiger partial charge in [0.2, 0.25) is 5.28 Å². The summed E-state index contributed by atoms with van der Waals surface area (Å²) in [7, 11) is 0. The maximum absolute atomic E-state index is 9.05. The van der Waals surface area contributed by atoms with Crippen LogP contribution in [-0.4, -0.2) is 32.9 Å². The number of hydrogen-bond donors (Lipinski definition) is 2. The van der Waals surface area contributed by atoms with E-state index in [4.69, 9.17) is 28.3 Å². The van der Waals surface area contributed by atoms with Gasteiger partial charge in [-0.15, -0.1) is 10.2 Å². The minimum absolute atomic E-state index is 0.0118. The van der Waals surface area contributed by atoms with Crippen molar-refractivity contribution in [3.63, 3.8) is 0 Å². The molecule has 1 aromatic rings. The van der Waals surface area contributed by atoms with Crippen molar-refractivity contribution in [1.82, 2.24) is 15.2 Å². The van der Waals surface area contributed by atoms with Crippen LogP contribution in [0, 0.1) is 5.41 Å². The molecular formula is C10H16Cl2N4O. The zero-order valence-electron chi connectivity index (χ0n) is 10.0. The van der Waals surface area contributed by atoms with Crippen molar-refractivity contribution in [2.75, 3.05) is 11.9 Å². The molecule has 2 N–H and O–H groups in total. The number of rotatable bonds is 4. The fourth-order valence-electron chi connectivity index (χ4n) is 1.40. The minimum Gasteiger partial charge on any atom is -0.396 e. The van der Waals surface area contributed by atoms with E-state index in [0.717, 1.165) is 0 Å². The van der Waals surface area contributed by atoms with E-state index >= 15 is 0 Å². The van der Waals surface area contributed by atoms with E-state index in [9.17, 15) is 0 Å². The molecule has 1 rings (SSSR count). The topological polar surface area (TPSA) is 70.9 Å². The van der Waals surface area contributed by atoms with Gasteiger partial charge in [0.1, 0.15) is 0 Å². The summed E-state index contributed by atoms with van der Waals surface area (Å²) in [5.41, 5.74) is -0.0521. The zero-order valence-corrected chi connectivity index (χ0v) is 11.5. The Morgan fingerprint density at radius 3 is 2.47 bits per heavy atom. The Balaban J connectivity index is 2.89. The van der Waals surface area contributed by atoms with Crippen LogP contribution in [0.25, 0.3) is 0 Å². The highest BCUT2D eigenvalue weighted by Gasteiger charge is 2.25. The summed E-state index contributed by atoms with van der Waals surface area (Å²) in [4.78, 5) is 3.98. The molecular weight excluding hydrogens is 263 g/mol. The third-order valence-electron chi connectivity index (χ3n) is 2.39. The Morgan fingerprint density at radius 2 is 1.94 bits per heavy atom. The van der Waals surface area contributed by atoms with Gasteiger partial charge in [-0.2, -0.15) is 4.98 Å². The summed E-state index contributed by atoms with van der Waals surface area (Å²) in [6.45, 7) is 6.26. The lowest BCUT2D eigenvalue weighted by Crippen LogP contribution is -2.35. The van der Waals surface area contributed by atoms with Gasteiger partial charge in [0, 0.05) is 12.6 Å². The third kappa shape index (κ3) is 4.26. The number of aromatic nitrogens is 3. The second-order valence-electron chi connectivity index (χ2n) is 4.80. The van der Waals surface area contributed by atoms with Gasteiger partial charge in [-0.25, -0.2) is 0 Å². The second kappa shape index (κ2) is 5.80. The van der Waals surface area contributed by atoms with Gasteiger partial charge in [-0.3, -0.25) is 0 Å². The number of halogens is 2. The molecule has 1 aromatic heterocycles. The number of anilines is 1. The van der Waals surface area contributed by atoms with Gasteiger partial charge >= 0.3 is 0 Å². The van der Waals surface area contributed by atoms with Gasteiger partial charge in [0.05, 0.1) is 0 Å². The van der Waals surface area contributed by atoms with Crippen molar-refractivity contribution in [1.29, 1.82) is 0 Å². The molecule has 0 radical (unpaired) electrons. The molecule has 96 valence electrons. The molecule has 1 unspecified atom stereocenters. The summed E-state index contributed by atoms with van der Waals surface area (Å²) in [6.07, 6.45) is 0.585. The first-order valence-corrected chi connectivity index (χ1v) is 6.03. The fourth-order valence-corrected chi connectivity index (χ4v) is 1.66. The Bertz CT molecular complexity index is 381. The molecule has 7 heteroatoms. The van der Waals surface area contributed by atoms with Gasteiger partial charge in [0.25, 0.3) is 0 Å². The van der Waals surface area contributed by atoms with E-state index in [1.54, 1.807) is 0 Å². The average Bonchev–Trinajstić information content (AvgIpc) is 2.21. The van der Waals surface area contributed by atoms with Crippen molar-refractivity contribution >= 4 is 29.0 Å². The molecule has 1 heterocycles. The normalized spacial score (nSPS) is 13.5. The number of nitrogens with one attached hydrogen (secondary N) is 1. The molecule has 0 amide bonds. The van der Waals surface area contributed by atoms with Crippen molar-refractivity contribution in [3.8, 4) is 0 Å². The molecule has 0 fully saturated rings. The molecule has 0 spiro atoms. The first kappa shape index (κ1) is 14.4. The summed E-state index contributed by atoms with van der Waals surface area (Å²) >= 11 is 11.5.